The fraction of sp³-hybridized carbons (Fsp3) is 0.500. The van der Waals surface area contributed by atoms with Crippen LogP contribution in [0.2, 0.25) is 0 Å². The maximum atomic E-state index is 11.6. The Morgan fingerprint density at radius 2 is 2.24 bits per heavy atom. The van der Waals surface area contributed by atoms with Gasteiger partial charge in [0.15, 0.2) is 0 Å². The van der Waals surface area contributed by atoms with Gasteiger partial charge in [-0.1, -0.05) is 19.1 Å². The second-order valence-electron chi connectivity index (χ2n) is 4.97. The van der Waals surface area contributed by atoms with Gasteiger partial charge in [-0.05, 0) is 42.5 Å². The molecule has 1 amide bonds. The van der Waals surface area contributed by atoms with E-state index in [0.29, 0.717) is 12.3 Å². The molecule has 17 heavy (non-hydrogen) atoms. The minimum absolute atomic E-state index is 0.187. The summed E-state index contributed by atoms with van der Waals surface area (Å²) >= 11 is 0. The number of likely N-dealkylation sites (N-methyl/N-ethyl adjacent to an activating group) is 1. The average Bonchev–Trinajstić information content (AvgIpc) is 2.62. The van der Waals surface area contributed by atoms with Crippen molar-refractivity contribution in [2.75, 3.05) is 18.5 Å². The summed E-state index contributed by atoms with van der Waals surface area (Å²) in [6.45, 7) is 2.91. The van der Waals surface area contributed by atoms with Crippen LogP contribution in [0.3, 0.4) is 0 Å². The van der Waals surface area contributed by atoms with Gasteiger partial charge in [-0.2, -0.15) is 0 Å². The van der Waals surface area contributed by atoms with Crippen molar-refractivity contribution in [1.82, 2.24) is 0 Å². The van der Waals surface area contributed by atoms with Gasteiger partial charge >= 0.3 is 0 Å². The van der Waals surface area contributed by atoms with Crippen molar-refractivity contribution in [2.24, 2.45) is 11.7 Å². The van der Waals surface area contributed by atoms with Crippen LogP contribution in [0.5, 0.6) is 0 Å². The normalized spacial score (nSPS) is 16.2. The summed E-state index contributed by atoms with van der Waals surface area (Å²) in [5, 5.41) is 0. The number of carbonyl (C=O) groups excluding carboxylic acids is 1. The van der Waals surface area contributed by atoms with E-state index in [0.717, 1.165) is 30.6 Å². The van der Waals surface area contributed by atoms with Gasteiger partial charge in [-0.3, -0.25) is 4.79 Å². The van der Waals surface area contributed by atoms with Crippen LogP contribution in [0.1, 0.15) is 24.5 Å². The number of hydrogen-bond donors (Lipinski definition) is 1. The summed E-state index contributed by atoms with van der Waals surface area (Å²) in [5.74, 6) is 0.750. The van der Waals surface area contributed by atoms with E-state index in [1.165, 1.54) is 5.56 Å². The molecule has 0 aromatic heterocycles. The van der Waals surface area contributed by atoms with Crippen molar-refractivity contribution in [3.8, 4) is 0 Å². The van der Waals surface area contributed by atoms with E-state index in [-0.39, 0.29) is 5.91 Å². The Bertz CT molecular complexity index is 428. The molecule has 2 N–H and O–H groups in total. The quantitative estimate of drug-likeness (QED) is 0.859. The Morgan fingerprint density at radius 1 is 1.47 bits per heavy atom. The molecule has 1 heterocycles. The predicted molar refractivity (Wildman–Crippen MR) is 70.1 cm³/mol. The van der Waals surface area contributed by atoms with E-state index in [4.69, 9.17) is 5.73 Å². The van der Waals surface area contributed by atoms with E-state index in [1.807, 2.05) is 7.05 Å². The van der Waals surface area contributed by atoms with Crippen LogP contribution in [0.4, 0.5) is 5.69 Å². The number of benzene rings is 1. The maximum Gasteiger partial charge on any atom is 0.231 e. The third-order valence-corrected chi connectivity index (χ3v) is 3.55. The molecule has 0 saturated carbocycles. The third-order valence-electron chi connectivity index (χ3n) is 3.55. The van der Waals surface area contributed by atoms with Gasteiger partial charge in [0.2, 0.25) is 5.91 Å². The van der Waals surface area contributed by atoms with E-state index >= 15 is 0 Å². The zero-order valence-electron chi connectivity index (χ0n) is 10.6. The highest BCUT2D eigenvalue weighted by Gasteiger charge is 2.23. The van der Waals surface area contributed by atoms with Gasteiger partial charge in [0.25, 0.3) is 0 Å². The van der Waals surface area contributed by atoms with Crippen LogP contribution in [0.15, 0.2) is 18.2 Å². The summed E-state index contributed by atoms with van der Waals surface area (Å²) in [6.07, 6.45) is 2.70. The molecule has 1 atom stereocenters. The topological polar surface area (TPSA) is 46.3 Å². The molecule has 1 aromatic rings. The van der Waals surface area contributed by atoms with E-state index < -0.39 is 0 Å². The zero-order chi connectivity index (χ0) is 12.4. The van der Waals surface area contributed by atoms with Crippen LogP contribution < -0.4 is 10.6 Å². The largest absolute Gasteiger partial charge is 0.330 e. The number of fused-ring (bicyclic) bond motifs is 1. The predicted octanol–water partition coefficient (Wildman–Crippen LogP) is 1.73. The molecule has 0 bridgehead atoms. The molecule has 1 aliphatic rings. The van der Waals surface area contributed by atoms with Crippen LogP contribution in [0.25, 0.3) is 0 Å². The number of amides is 1. The monoisotopic (exact) mass is 232 g/mol. The van der Waals surface area contributed by atoms with Crippen molar-refractivity contribution in [2.45, 2.75) is 26.2 Å². The smallest absolute Gasteiger partial charge is 0.231 e. The van der Waals surface area contributed by atoms with Crippen LogP contribution in [-0.4, -0.2) is 19.5 Å². The highest BCUT2D eigenvalue weighted by Crippen LogP contribution is 2.28. The highest BCUT2D eigenvalue weighted by atomic mass is 16.2. The number of nitrogens with two attached hydrogens (primary N) is 1. The Kier molecular flexibility index (Phi) is 3.48. The first-order chi connectivity index (χ1) is 8.11. The minimum atomic E-state index is 0.187. The van der Waals surface area contributed by atoms with E-state index in [9.17, 15) is 4.79 Å². The zero-order valence-corrected chi connectivity index (χ0v) is 10.6. The summed E-state index contributed by atoms with van der Waals surface area (Å²) in [7, 11) is 1.84. The second kappa shape index (κ2) is 4.88. The molecule has 3 nitrogen and oxygen atoms in total. The fourth-order valence-corrected chi connectivity index (χ4v) is 2.21. The van der Waals surface area contributed by atoms with Crippen molar-refractivity contribution < 1.29 is 4.79 Å². The molecule has 3 heteroatoms. The third kappa shape index (κ3) is 2.50. The minimum Gasteiger partial charge on any atom is -0.330 e. The lowest BCUT2D eigenvalue weighted by molar-refractivity contribution is -0.117. The number of hydrogen-bond acceptors (Lipinski definition) is 2. The standard InChI is InChI=1S/C14H20N2O/c1-10(9-15)3-4-11-5-6-13-12(7-11)8-14(17)16(13)2/h5-7,10H,3-4,8-9,15H2,1-2H3. The van der Waals surface area contributed by atoms with Crippen LogP contribution >= 0.6 is 0 Å². The average molecular weight is 232 g/mol. The molecule has 2 rings (SSSR count). The number of carbonyl (C=O) groups is 1. The van der Waals surface area contributed by atoms with Gasteiger partial charge in [-0.15, -0.1) is 0 Å². The van der Waals surface area contributed by atoms with Crippen LogP contribution in [-0.2, 0) is 17.6 Å². The van der Waals surface area contributed by atoms with Gasteiger partial charge in [0.1, 0.15) is 0 Å². The Balaban J connectivity index is 2.08. The molecule has 0 fully saturated rings. The fourth-order valence-electron chi connectivity index (χ4n) is 2.21. The first-order valence-corrected chi connectivity index (χ1v) is 6.20. The Labute approximate surface area is 103 Å². The number of rotatable bonds is 4. The van der Waals surface area contributed by atoms with Gasteiger partial charge in [-0.25, -0.2) is 0 Å². The van der Waals surface area contributed by atoms with Crippen molar-refractivity contribution in [3.63, 3.8) is 0 Å². The lowest BCUT2D eigenvalue weighted by atomic mass is 9.99. The second-order valence-corrected chi connectivity index (χ2v) is 4.97. The summed E-state index contributed by atoms with van der Waals surface area (Å²) in [6, 6.07) is 6.35. The van der Waals surface area contributed by atoms with Gasteiger partial charge < -0.3 is 10.6 Å². The van der Waals surface area contributed by atoms with Crippen molar-refractivity contribution in [3.05, 3.63) is 29.3 Å². The summed E-state index contributed by atoms with van der Waals surface area (Å²) in [5.41, 5.74) is 9.15. The van der Waals surface area contributed by atoms with E-state index in [1.54, 1.807) is 4.90 Å². The SMILES string of the molecule is CC(CN)CCc1ccc2c(c1)CC(=O)N2C. The molecule has 0 radical (unpaired) electrons. The van der Waals surface area contributed by atoms with Crippen molar-refractivity contribution in [1.29, 1.82) is 0 Å². The molecule has 0 spiro atoms. The Hall–Kier alpha value is -1.35. The number of aryl methyl sites for hydroxylation is 1. The number of anilines is 1. The van der Waals surface area contributed by atoms with Crippen molar-refractivity contribution >= 4 is 11.6 Å². The first-order valence-electron chi connectivity index (χ1n) is 6.20. The number of nitrogens with zero attached hydrogens (tertiary/aromatic N) is 1. The van der Waals surface area contributed by atoms with Crippen LogP contribution in [0, 0.1) is 5.92 Å². The highest BCUT2D eigenvalue weighted by molar-refractivity contribution is 6.00. The molecular formula is C14H20N2O. The molecular weight excluding hydrogens is 212 g/mol. The molecule has 0 aliphatic carbocycles. The van der Waals surface area contributed by atoms with Gasteiger partial charge in [0, 0.05) is 12.7 Å². The molecule has 92 valence electrons. The molecule has 1 aromatic carbocycles. The summed E-state index contributed by atoms with van der Waals surface area (Å²) < 4.78 is 0. The Morgan fingerprint density at radius 3 is 2.94 bits per heavy atom. The molecule has 0 saturated heterocycles. The molecule has 1 unspecified atom stereocenters. The van der Waals surface area contributed by atoms with Gasteiger partial charge in [0.05, 0.1) is 6.42 Å². The lowest BCUT2D eigenvalue weighted by Crippen LogP contribution is -2.20. The summed E-state index contributed by atoms with van der Waals surface area (Å²) in [4.78, 5) is 13.3. The lowest BCUT2D eigenvalue weighted by Gasteiger charge is -2.11. The maximum absolute atomic E-state index is 11.6. The molecule has 1 aliphatic heterocycles. The van der Waals surface area contributed by atoms with E-state index in [2.05, 4.69) is 25.1 Å². The first kappa shape index (κ1) is 12.1.